The van der Waals surface area contributed by atoms with E-state index in [1.165, 1.54) is 0 Å². The van der Waals surface area contributed by atoms with Crippen LogP contribution in [0.1, 0.15) is 23.7 Å². The first kappa shape index (κ1) is 17.2. The zero-order chi connectivity index (χ0) is 17.5. The Labute approximate surface area is 147 Å². The molecular formula is C20H22N2O3. The van der Waals surface area contributed by atoms with Crippen molar-refractivity contribution in [3.05, 3.63) is 72.1 Å². The molecule has 130 valence electrons. The summed E-state index contributed by atoms with van der Waals surface area (Å²) in [4.78, 5) is 4.53. The lowest BCUT2D eigenvalue weighted by atomic mass is 10.0. The summed E-state index contributed by atoms with van der Waals surface area (Å²) in [5.41, 5.74) is 2.88. The average Bonchev–Trinajstić information content (AvgIpc) is 3.15. The van der Waals surface area contributed by atoms with Crippen LogP contribution in [0.3, 0.4) is 0 Å². The maximum Gasteiger partial charge on any atom is 0.226 e. The Morgan fingerprint density at radius 3 is 2.56 bits per heavy atom. The Kier molecular flexibility index (Phi) is 5.82. The van der Waals surface area contributed by atoms with Gasteiger partial charge in [-0.05, 0) is 36.2 Å². The van der Waals surface area contributed by atoms with Crippen molar-refractivity contribution in [3.8, 4) is 17.2 Å². The van der Waals surface area contributed by atoms with Gasteiger partial charge in [0.25, 0.3) is 0 Å². The fraction of sp³-hybridized carbons (Fsp3) is 0.250. The quantitative estimate of drug-likeness (QED) is 0.657. The molecule has 5 heteroatoms. The van der Waals surface area contributed by atoms with E-state index in [-0.39, 0.29) is 12.6 Å². The van der Waals surface area contributed by atoms with E-state index in [2.05, 4.69) is 22.4 Å². The number of oxazole rings is 1. The minimum Gasteiger partial charge on any atom is -0.497 e. The SMILES string of the molecule is COc1ccc(-c2nc(CNC(CCO)c3ccccc3)co2)cc1. The number of aliphatic hydroxyl groups excluding tert-OH is 1. The molecule has 1 aromatic heterocycles. The van der Waals surface area contributed by atoms with E-state index >= 15 is 0 Å². The highest BCUT2D eigenvalue weighted by molar-refractivity contribution is 5.54. The predicted octanol–water partition coefficient (Wildman–Crippen LogP) is 3.56. The summed E-state index contributed by atoms with van der Waals surface area (Å²) < 4.78 is 10.7. The normalized spacial score (nSPS) is 12.1. The molecule has 0 saturated carbocycles. The molecule has 5 nitrogen and oxygen atoms in total. The van der Waals surface area contributed by atoms with E-state index in [4.69, 9.17) is 9.15 Å². The summed E-state index contributed by atoms with van der Waals surface area (Å²) >= 11 is 0. The molecule has 25 heavy (non-hydrogen) atoms. The van der Waals surface area contributed by atoms with Crippen molar-refractivity contribution in [1.29, 1.82) is 0 Å². The van der Waals surface area contributed by atoms with Crippen LogP contribution in [0.4, 0.5) is 0 Å². The van der Waals surface area contributed by atoms with E-state index in [9.17, 15) is 5.11 Å². The molecule has 1 heterocycles. The molecule has 0 spiro atoms. The zero-order valence-electron chi connectivity index (χ0n) is 14.2. The molecule has 0 aliphatic carbocycles. The minimum atomic E-state index is 0.0762. The average molecular weight is 338 g/mol. The maximum absolute atomic E-state index is 9.31. The first-order chi connectivity index (χ1) is 12.3. The second kappa shape index (κ2) is 8.46. The highest BCUT2D eigenvalue weighted by atomic mass is 16.5. The van der Waals surface area contributed by atoms with Crippen LogP contribution in [0, 0.1) is 0 Å². The number of ether oxygens (including phenoxy) is 1. The summed E-state index contributed by atoms with van der Waals surface area (Å²) in [5, 5.41) is 12.7. The Hall–Kier alpha value is -2.63. The van der Waals surface area contributed by atoms with Crippen molar-refractivity contribution in [1.82, 2.24) is 10.3 Å². The Bertz CT molecular complexity index is 769. The molecule has 2 N–H and O–H groups in total. The lowest BCUT2D eigenvalue weighted by Gasteiger charge is -2.17. The Morgan fingerprint density at radius 1 is 1.12 bits per heavy atom. The number of nitrogens with one attached hydrogen (secondary N) is 1. The zero-order valence-corrected chi connectivity index (χ0v) is 14.2. The Morgan fingerprint density at radius 2 is 1.88 bits per heavy atom. The second-order valence-electron chi connectivity index (χ2n) is 5.73. The van der Waals surface area contributed by atoms with Crippen molar-refractivity contribution in [2.24, 2.45) is 0 Å². The van der Waals surface area contributed by atoms with Crippen LogP contribution in [-0.4, -0.2) is 23.8 Å². The van der Waals surface area contributed by atoms with Crippen molar-refractivity contribution in [2.75, 3.05) is 13.7 Å². The van der Waals surface area contributed by atoms with Gasteiger partial charge in [-0.25, -0.2) is 4.98 Å². The molecule has 0 aliphatic heterocycles. The molecule has 1 atom stereocenters. The molecule has 3 rings (SSSR count). The summed E-state index contributed by atoms with van der Waals surface area (Å²) in [6.07, 6.45) is 2.31. The van der Waals surface area contributed by atoms with Gasteiger partial charge in [0.2, 0.25) is 5.89 Å². The van der Waals surface area contributed by atoms with Gasteiger partial charge in [0.15, 0.2) is 0 Å². The van der Waals surface area contributed by atoms with Crippen molar-refractivity contribution < 1.29 is 14.3 Å². The summed E-state index contributed by atoms with van der Waals surface area (Å²) in [7, 11) is 1.64. The number of benzene rings is 2. The molecule has 0 bridgehead atoms. The third kappa shape index (κ3) is 4.47. The molecule has 3 aromatic rings. The largest absolute Gasteiger partial charge is 0.497 e. The van der Waals surface area contributed by atoms with E-state index in [0.717, 1.165) is 22.6 Å². The van der Waals surface area contributed by atoms with Gasteiger partial charge >= 0.3 is 0 Å². The molecule has 0 aliphatic rings. The number of rotatable bonds is 8. The number of hydrogen-bond acceptors (Lipinski definition) is 5. The summed E-state index contributed by atoms with van der Waals surface area (Å²) in [6, 6.07) is 17.8. The van der Waals surface area contributed by atoms with Crippen molar-refractivity contribution in [3.63, 3.8) is 0 Å². The van der Waals surface area contributed by atoms with Gasteiger partial charge in [-0.3, -0.25) is 0 Å². The van der Waals surface area contributed by atoms with Crippen LogP contribution in [0.25, 0.3) is 11.5 Å². The van der Waals surface area contributed by atoms with Gasteiger partial charge in [-0.15, -0.1) is 0 Å². The standard InChI is InChI=1S/C20H22N2O3/c1-24-18-9-7-16(8-10-18)20-22-17(14-25-20)13-21-19(11-12-23)15-5-3-2-4-6-15/h2-10,14,19,21,23H,11-13H2,1H3. The van der Waals surface area contributed by atoms with Gasteiger partial charge in [0.05, 0.1) is 12.8 Å². The first-order valence-electron chi connectivity index (χ1n) is 8.28. The molecule has 0 fully saturated rings. The van der Waals surface area contributed by atoms with Gasteiger partial charge in [0, 0.05) is 24.8 Å². The van der Waals surface area contributed by atoms with Crippen LogP contribution in [0.5, 0.6) is 5.75 Å². The monoisotopic (exact) mass is 338 g/mol. The van der Waals surface area contributed by atoms with Crippen molar-refractivity contribution >= 4 is 0 Å². The van der Waals surface area contributed by atoms with E-state index < -0.39 is 0 Å². The predicted molar refractivity (Wildman–Crippen MR) is 96.2 cm³/mol. The fourth-order valence-corrected chi connectivity index (χ4v) is 2.68. The van der Waals surface area contributed by atoms with Gasteiger partial charge in [0.1, 0.15) is 12.0 Å². The van der Waals surface area contributed by atoms with Crippen LogP contribution >= 0.6 is 0 Å². The van der Waals surface area contributed by atoms with Gasteiger partial charge in [-0.2, -0.15) is 0 Å². The van der Waals surface area contributed by atoms with E-state index in [0.29, 0.717) is 18.9 Å². The number of hydrogen-bond donors (Lipinski definition) is 2. The van der Waals surface area contributed by atoms with E-state index in [1.807, 2.05) is 42.5 Å². The third-order valence-corrected chi connectivity index (χ3v) is 4.04. The highest BCUT2D eigenvalue weighted by Gasteiger charge is 2.12. The minimum absolute atomic E-state index is 0.0762. The van der Waals surface area contributed by atoms with Crippen LogP contribution in [0.15, 0.2) is 65.3 Å². The summed E-state index contributed by atoms with van der Waals surface area (Å²) in [5.74, 6) is 1.38. The number of aromatic nitrogens is 1. The number of nitrogens with zero attached hydrogens (tertiary/aromatic N) is 1. The molecular weight excluding hydrogens is 316 g/mol. The molecule has 0 amide bonds. The fourth-order valence-electron chi connectivity index (χ4n) is 2.68. The highest BCUT2D eigenvalue weighted by Crippen LogP contribution is 2.22. The summed E-state index contributed by atoms with van der Waals surface area (Å²) in [6.45, 7) is 0.696. The van der Waals surface area contributed by atoms with Crippen LogP contribution < -0.4 is 10.1 Å². The Balaban J connectivity index is 1.65. The number of methoxy groups -OCH3 is 1. The van der Waals surface area contributed by atoms with Crippen molar-refractivity contribution in [2.45, 2.75) is 19.0 Å². The van der Waals surface area contributed by atoms with Crippen LogP contribution in [-0.2, 0) is 6.54 Å². The smallest absolute Gasteiger partial charge is 0.226 e. The molecule has 2 aromatic carbocycles. The molecule has 0 saturated heterocycles. The third-order valence-electron chi connectivity index (χ3n) is 4.04. The molecule has 0 radical (unpaired) electrons. The van der Waals surface area contributed by atoms with Gasteiger partial charge < -0.3 is 19.6 Å². The lowest BCUT2D eigenvalue weighted by molar-refractivity contribution is 0.265. The maximum atomic E-state index is 9.31. The topological polar surface area (TPSA) is 67.5 Å². The lowest BCUT2D eigenvalue weighted by Crippen LogP contribution is -2.22. The van der Waals surface area contributed by atoms with E-state index in [1.54, 1.807) is 13.4 Å². The van der Waals surface area contributed by atoms with Crippen LogP contribution in [0.2, 0.25) is 0 Å². The first-order valence-corrected chi connectivity index (χ1v) is 8.28. The second-order valence-corrected chi connectivity index (χ2v) is 5.73. The number of aliphatic hydroxyl groups is 1. The molecule has 1 unspecified atom stereocenters. The van der Waals surface area contributed by atoms with Gasteiger partial charge in [-0.1, -0.05) is 30.3 Å².